The predicted octanol–water partition coefficient (Wildman–Crippen LogP) is 3.51. The van der Waals surface area contributed by atoms with E-state index < -0.39 is 15.4 Å². The van der Waals surface area contributed by atoms with Crippen molar-refractivity contribution in [3.8, 4) is 6.07 Å². The number of anilines is 2. The fraction of sp³-hybridized carbons (Fsp3) is 0.458. The standard InChI is InChI=1S/C24H29N5O3S/c1-33(31,32)29-15-10-20(11-16-29)27-22-21(5-4-14-26-22)23(30)28-19-8-6-18(7-9-19)24(17-25)12-2-3-13-24/h4-9,14,20H,2-3,10-13,15-16H2,1H3,(H,26,27)(H,28,30). The summed E-state index contributed by atoms with van der Waals surface area (Å²) in [6.45, 7) is 0.892. The van der Waals surface area contributed by atoms with E-state index in [0.717, 1.165) is 31.2 Å². The Kier molecular flexibility index (Phi) is 6.68. The van der Waals surface area contributed by atoms with Crippen molar-refractivity contribution in [3.63, 3.8) is 0 Å². The molecule has 1 aromatic carbocycles. The molecule has 2 aromatic rings. The minimum atomic E-state index is -3.18. The smallest absolute Gasteiger partial charge is 0.259 e. The summed E-state index contributed by atoms with van der Waals surface area (Å²) in [5.41, 5.74) is 1.68. The van der Waals surface area contributed by atoms with Crippen molar-refractivity contribution in [1.29, 1.82) is 5.26 Å². The Bertz CT molecular complexity index is 1140. The van der Waals surface area contributed by atoms with Gasteiger partial charge in [0.1, 0.15) is 5.82 Å². The van der Waals surface area contributed by atoms with Gasteiger partial charge in [-0.2, -0.15) is 5.26 Å². The van der Waals surface area contributed by atoms with E-state index in [9.17, 15) is 18.5 Å². The topological polar surface area (TPSA) is 115 Å². The largest absolute Gasteiger partial charge is 0.367 e. The van der Waals surface area contributed by atoms with Crippen LogP contribution in [0.3, 0.4) is 0 Å². The number of nitriles is 1. The molecule has 2 aliphatic rings. The maximum absolute atomic E-state index is 13.0. The fourth-order valence-electron chi connectivity index (χ4n) is 4.74. The van der Waals surface area contributed by atoms with Gasteiger partial charge in [0.2, 0.25) is 10.0 Å². The summed E-state index contributed by atoms with van der Waals surface area (Å²) in [4.78, 5) is 17.3. The summed E-state index contributed by atoms with van der Waals surface area (Å²) < 4.78 is 24.9. The van der Waals surface area contributed by atoms with Gasteiger partial charge in [-0.3, -0.25) is 4.79 Å². The molecule has 4 rings (SSSR count). The molecule has 1 aliphatic heterocycles. The molecule has 0 atom stereocenters. The first-order chi connectivity index (χ1) is 15.8. The van der Waals surface area contributed by atoms with Crippen LogP contribution < -0.4 is 10.6 Å². The van der Waals surface area contributed by atoms with Crippen LogP contribution in [0.1, 0.15) is 54.4 Å². The van der Waals surface area contributed by atoms with Crippen LogP contribution in [0.2, 0.25) is 0 Å². The summed E-state index contributed by atoms with van der Waals surface area (Å²) in [6.07, 6.45) is 8.03. The SMILES string of the molecule is CS(=O)(=O)N1CCC(Nc2ncccc2C(=O)Nc2ccc(C3(C#N)CCCC3)cc2)CC1. The molecule has 2 N–H and O–H groups in total. The van der Waals surface area contributed by atoms with Gasteiger partial charge in [0, 0.05) is 31.0 Å². The average Bonchev–Trinajstić information content (AvgIpc) is 3.30. The second-order valence-electron chi connectivity index (χ2n) is 8.91. The molecule has 9 heteroatoms. The lowest BCUT2D eigenvalue weighted by Crippen LogP contribution is -2.42. The molecular weight excluding hydrogens is 438 g/mol. The second-order valence-corrected chi connectivity index (χ2v) is 10.9. The number of aromatic nitrogens is 1. The highest BCUT2D eigenvalue weighted by Gasteiger charge is 2.35. The number of piperidine rings is 1. The molecule has 0 radical (unpaired) electrons. The zero-order valence-corrected chi connectivity index (χ0v) is 19.6. The number of carbonyl (C=O) groups is 1. The monoisotopic (exact) mass is 467 g/mol. The van der Waals surface area contributed by atoms with Crippen LogP contribution >= 0.6 is 0 Å². The minimum Gasteiger partial charge on any atom is -0.367 e. The lowest BCUT2D eigenvalue weighted by Gasteiger charge is -2.31. The number of hydrogen-bond acceptors (Lipinski definition) is 6. The third-order valence-corrected chi connectivity index (χ3v) is 7.99. The van der Waals surface area contributed by atoms with E-state index in [1.54, 1.807) is 18.3 Å². The Morgan fingerprint density at radius 2 is 1.82 bits per heavy atom. The van der Waals surface area contributed by atoms with Gasteiger partial charge in [-0.1, -0.05) is 25.0 Å². The molecule has 1 saturated carbocycles. The van der Waals surface area contributed by atoms with Gasteiger partial charge in [0.25, 0.3) is 5.91 Å². The molecule has 174 valence electrons. The predicted molar refractivity (Wildman–Crippen MR) is 127 cm³/mol. The Labute approximate surface area is 195 Å². The van der Waals surface area contributed by atoms with Crippen molar-refractivity contribution in [3.05, 3.63) is 53.7 Å². The lowest BCUT2D eigenvalue weighted by molar-refractivity contribution is 0.102. The minimum absolute atomic E-state index is 0.0392. The molecule has 2 fully saturated rings. The number of nitrogens with one attached hydrogen (secondary N) is 2. The van der Waals surface area contributed by atoms with E-state index in [0.29, 0.717) is 43.0 Å². The summed E-state index contributed by atoms with van der Waals surface area (Å²) in [6, 6.07) is 13.5. The average molecular weight is 468 g/mol. The van der Waals surface area contributed by atoms with Gasteiger partial charge in [-0.15, -0.1) is 0 Å². The molecular formula is C24H29N5O3S. The van der Waals surface area contributed by atoms with Gasteiger partial charge in [-0.25, -0.2) is 17.7 Å². The molecule has 1 amide bonds. The highest BCUT2D eigenvalue weighted by Crippen LogP contribution is 2.40. The maximum atomic E-state index is 13.0. The number of sulfonamides is 1. The molecule has 33 heavy (non-hydrogen) atoms. The van der Waals surface area contributed by atoms with Crippen LogP contribution in [0.25, 0.3) is 0 Å². The quantitative estimate of drug-likeness (QED) is 0.672. The van der Waals surface area contributed by atoms with Gasteiger partial charge in [0.05, 0.1) is 23.3 Å². The van der Waals surface area contributed by atoms with Crippen LogP contribution in [0.15, 0.2) is 42.6 Å². The molecule has 1 saturated heterocycles. The zero-order valence-electron chi connectivity index (χ0n) is 18.8. The van der Waals surface area contributed by atoms with E-state index in [2.05, 4.69) is 21.7 Å². The van der Waals surface area contributed by atoms with Crippen molar-refractivity contribution in [2.24, 2.45) is 0 Å². The third kappa shape index (κ3) is 5.18. The fourth-order valence-corrected chi connectivity index (χ4v) is 5.62. The molecule has 8 nitrogen and oxygen atoms in total. The van der Waals surface area contributed by atoms with Gasteiger partial charge in [0.15, 0.2) is 0 Å². The van der Waals surface area contributed by atoms with Crippen molar-refractivity contribution < 1.29 is 13.2 Å². The van der Waals surface area contributed by atoms with E-state index >= 15 is 0 Å². The number of rotatable bonds is 6. The molecule has 0 spiro atoms. The lowest BCUT2D eigenvalue weighted by atomic mass is 9.80. The number of carbonyl (C=O) groups excluding carboxylic acids is 1. The molecule has 1 aliphatic carbocycles. The highest BCUT2D eigenvalue weighted by molar-refractivity contribution is 7.88. The zero-order chi connectivity index (χ0) is 23.5. The van der Waals surface area contributed by atoms with Crippen LogP contribution in [0.4, 0.5) is 11.5 Å². The Hall–Kier alpha value is -2.96. The second kappa shape index (κ2) is 9.49. The van der Waals surface area contributed by atoms with E-state index in [-0.39, 0.29) is 11.9 Å². The van der Waals surface area contributed by atoms with E-state index in [1.165, 1.54) is 10.6 Å². The Balaban J connectivity index is 1.42. The molecule has 0 unspecified atom stereocenters. The number of benzene rings is 1. The third-order valence-electron chi connectivity index (χ3n) is 6.68. The Morgan fingerprint density at radius 3 is 2.42 bits per heavy atom. The van der Waals surface area contributed by atoms with Gasteiger partial charge >= 0.3 is 0 Å². The van der Waals surface area contributed by atoms with E-state index in [1.807, 2.05) is 24.3 Å². The number of amides is 1. The van der Waals surface area contributed by atoms with Crippen LogP contribution in [-0.4, -0.2) is 49.0 Å². The van der Waals surface area contributed by atoms with Crippen LogP contribution in [-0.2, 0) is 15.4 Å². The van der Waals surface area contributed by atoms with Crippen molar-refractivity contribution in [2.45, 2.75) is 50.0 Å². The molecule has 1 aromatic heterocycles. The first kappa shape index (κ1) is 23.2. The summed E-state index contributed by atoms with van der Waals surface area (Å²) in [5.74, 6) is 0.210. The Morgan fingerprint density at radius 1 is 1.15 bits per heavy atom. The summed E-state index contributed by atoms with van der Waals surface area (Å²) >= 11 is 0. The van der Waals surface area contributed by atoms with Crippen molar-refractivity contribution >= 4 is 27.4 Å². The van der Waals surface area contributed by atoms with Crippen LogP contribution in [0, 0.1) is 11.3 Å². The van der Waals surface area contributed by atoms with Gasteiger partial charge in [-0.05, 0) is 55.5 Å². The van der Waals surface area contributed by atoms with Crippen molar-refractivity contribution in [1.82, 2.24) is 9.29 Å². The first-order valence-electron chi connectivity index (χ1n) is 11.3. The normalized spacial score (nSPS) is 19.0. The maximum Gasteiger partial charge on any atom is 0.259 e. The first-order valence-corrected chi connectivity index (χ1v) is 13.2. The number of pyridine rings is 1. The summed E-state index contributed by atoms with van der Waals surface area (Å²) in [5, 5.41) is 15.9. The summed E-state index contributed by atoms with van der Waals surface area (Å²) in [7, 11) is -3.18. The van der Waals surface area contributed by atoms with Crippen LogP contribution in [0.5, 0.6) is 0 Å². The van der Waals surface area contributed by atoms with E-state index in [4.69, 9.17) is 0 Å². The highest BCUT2D eigenvalue weighted by atomic mass is 32.2. The van der Waals surface area contributed by atoms with Crippen molar-refractivity contribution in [2.75, 3.05) is 30.0 Å². The van der Waals surface area contributed by atoms with Gasteiger partial charge < -0.3 is 10.6 Å². The number of hydrogen-bond donors (Lipinski definition) is 2. The molecule has 0 bridgehead atoms. The number of nitrogens with zero attached hydrogens (tertiary/aromatic N) is 3. The molecule has 2 heterocycles.